The average molecular weight is 369 g/mol. The molecule has 0 radical (unpaired) electrons. The van der Waals surface area contributed by atoms with Crippen LogP contribution in [0, 0.1) is 19.8 Å². The van der Waals surface area contributed by atoms with Crippen LogP contribution >= 0.6 is 0 Å². The van der Waals surface area contributed by atoms with Crippen molar-refractivity contribution in [2.75, 3.05) is 32.1 Å². The Morgan fingerprint density at radius 3 is 2.74 bits per heavy atom. The smallest absolute Gasteiger partial charge is 0.222 e. The molecule has 3 rings (SSSR count). The standard InChI is InChI=1S/C22H32N4O/c1-15(2)26-10-6-7-18(14-26)12-23-22-24-13-21(17(4)25-22)20-9-8-19(27-5)11-16(20)3/h8-9,11,13,15,18H,6-7,10,12,14H2,1-5H3,(H,23,24,25). The van der Waals surface area contributed by atoms with Crippen LogP contribution in [0.25, 0.3) is 11.1 Å². The van der Waals surface area contributed by atoms with Gasteiger partial charge in [0, 0.05) is 30.9 Å². The summed E-state index contributed by atoms with van der Waals surface area (Å²) >= 11 is 0. The first kappa shape index (κ1) is 19.6. The number of hydrogen-bond acceptors (Lipinski definition) is 5. The van der Waals surface area contributed by atoms with E-state index in [2.05, 4.69) is 42.0 Å². The third-order valence-electron chi connectivity index (χ3n) is 5.53. The van der Waals surface area contributed by atoms with Crippen molar-refractivity contribution in [2.45, 2.75) is 46.6 Å². The molecule has 0 bridgehead atoms. The number of rotatable bonds is 6. The van der Waals surface area contributed by atoms with Gasteiger partial charge < -0.3 is 15.0 Å². The van der Waals surface area contributed by atoms with Gasteiger partial charge >= 0.3 is 0 Å². The van der Waals surface area contributed by atoms with E-state index in [1.165, 1.54) is 19.4 Å². The monoisotopic (exact) mass is 368 g/mol. The number of aryl methyl sites for hydroxylation is 2. The second kappa shape index (κ2) is 8.70. The number of likely N-dealkylation sites (tertiary alicyclic amines) is 1. The summed E-state index contributed by atoms with van der Waals surface area (Å²) in [5.74, 6) is 2.26. The van der Waals surface area contributed by atoms with Crippen LogP contribution in [0.5, 0.6) is 5.75 Å². The molecule has 0 saturated carbocycles. The first-order valence-electron chi connectivity index (χ1n) is 9.94. The topological polar surface area (TPSA) is 50.3 Å². The molecule has 0 spiro atoms. The lowest BCUT2D eigenvalue weighted by Gasteiger charge is -2.35. The van der Waals surface area contributed by atoms with Crippen molar-refractivity contribution in [1.82, 2.24) is 14.9 Å². The van der Waals surface area contributed by atoms with E-state index in [0.29, 0.717) is 12.0 Å². The minimum absolute atomic E-state index is 0.623. The number of nitrogens with one attached hydrogen (secondary N) is 1. The zero-order valence-electron chi connectivity index (χ0n) is 17.2. The van der Waals surface area contributed by atoms with E-state index < -0.39 is 0 Å². The summed E-state index contributed by atoms with van der Waals surface area (Å²) in [7, 11) is 1.69. The number of methoxy groups -OCH3 is 1. The fourth-order valence-electron chi connectivity index (χ4n) is 3.85. The maximum absolute atomic E-state index is 5.30. The first-order valence-corrected chi connectivity index (χ1v) is 9.94. The normalized spacial score (nSPS) is 17.9. The van der Waals surface area contributed by atoms with Crippen LogP contribution in [0.2, 0.25) is 0 Å². The fourth-order valence-corrected chi connectivity index (χ4v) is 3.85. The number of piperidine rings is 1. The molecule has 5 nitrogen and oxygen atoms in total. The first-order chi connectivity index (χ1) is 13.0. The Morgan fingerprint density at radius 1 is 1.26 bits per heavy atom. The molecule has 1 atom stereocenters. The second-order valence-electron chi connectivity index (χ2n) is 7.85. The van der Waals surface area contributed by atoms with Crippen molar-refractivity contribution in [1.29, 1.82) is 0 Å². The molecule has 1 aromatic heterocycles. The van der Waals surface area contributed by atoms with Crippen molar-refractivity contribution in [3.63, 3.8) is 0 Å². The third-order valence-corrected chi connectivity index (χ3v) is 5.53. The molecule has 0 amide bonds. The Morgan fingerprint density at radius 2 is 2.07 bits per heavy atom. The Kier molecular flexibility index (Phi) is 6.32. The molecule has 1 aliphatic heterocycles. The van der Waals surface area contributed by atoms with Gasteiger partial charge in [-0.3, -0.25) is 0 Å². The molecule has 2 heterocycles. The van der Waals surface area contributed by atoms with Crippen molar-refractivity contribution < 1.29 is 4.74 Å². The number of ether oxygens (including phenoxy) is 1. The van der Waals surface area contributed by atoms with Gasteiger partial charge in [0.25, 0.3) is 0 Å². The van der Waals surface area contributed by atoms with Gasteiger partial charge in [0.1, 0.15) is 5.75 Å². The minimum Gasteiger partial charge on any atom is -0.497 e. The highest BCUT2D eigenvalue weighted by atomic mass is 16.5. The highest BCUT2D eigenvalue weighted by Gasteiger charge is 2.21. The van der Waals surface area contributed by atoms with Crippen LogP contribution in [0.4, 0.5) is 5.95 Å². The van der Waals surface area contributed by atoms with Gasteiger partial charge in [0.05, 0.1) is 12.8 Å². The lowest BCUT2D eigenvalue weighted by atomic mass is 9.97. The predicted molar refractivity (Wildman–Crippen MR) is 111 cm³/mol. The number of aromatic nitrogens is 2. The van der Waals surface area contributed by atoms with Crippen molar-refractivity contribution in [2.24, 2.45) is 5.92 Å². The van der Waals surface area contributed by atoms with Crippen molar-refractivity contribution in [3.05, 3.63) is 35.7 Å². The van der Waals surface area contributed by atoms with Gasteiger partial charge in [0.2, 0.25) is 5.95 Å². The van der Waals surface area contributed by atoms with Gasteiger partial charge in [-0.1, -0.05) is 6.07 Å². The van der Waals surface area contributed by atoms with Crippen LogP contribution in [0.3, 0.4) is 0 Å². The van der Waals surface area contributed by atoms with Crippen LogP contribution in [-0.2, 0) is 0 Å². The second-order valence-corrected chi connectivity index (χ2v) is 7.85. The predicted octanol–water partition coefficient (Wildman–Crippen LogP) is 4.30. The van der Waals surface area contributed by atoms with Gasteiger partial charge in [-0.05, 0) is 76.3 Å². The summed E-state index contributed by atoms with van der Waals surface area (Å²) < 4.78 is 5.30. The lowest BCUT2D eigenvalue weighted by molar-refractivity contribution is 0.145. The largest absolute Gasteiger partial charge is 0.497 e. The highest BCUT2D eigenvalue weighted by Crippen LogP contribution is 2.28. The molecule has 2 aromatic rings. The van der Waals surface area contributed by atoms with Crippen LogP contribution < -0.4 is 10.1 Å². The van der Waals surface area contributed by atoms with E-state index in [1.807, 2.05) is 25.3 Å². The van der Waals surface area contributed by atoms with E-state index in [-0.39, 0.29) is 0 Å². The van der Waals surface area contributed by atoms with Crippen LogP contribution in [0.1, 0.15) is 37.9 Å². The summed E-state index contributed by atoms with van der Waals surface area (Å²) in [5, 5.41) is 3.46. The van der Waals surface area contributed by atoms with E-state index in [4.69, 9.17) is 9.72 Å². The van der Waals surface area contributed by atoms with E-state index in [1.54, 1.807) is 7.11 Å². The number of benzene rings is 1. The van der Waals surface area contributed by atoms with Crippen molar-refractivity contribution >= 4 is 5.95 Å². The van der Waals surface area contributed by atoms with Gasteiger partial charge in [-0.15, -0.1) is 0 Å². The Balaban J connectivity index is 1.66. The summed E-state index contributed by atoms with van der Waals surface area (Å²) in [6.45, 7) is 12.0. The Bertz CT molecular complexity index is 775. The fraction of sp³-hybridized carbons (Fsp3) is 0.545. The molecule has 1 aliphatic rings. The number of nitrogens with zero attached hydrogens (tertiary/aromatic N) is 3. The lowest BCUT2D eigenvalue weighted by Crippen LogP contribution is -2.41. The van der Waals surface area contributed by atoms with E-state index in [0.717, 1.165) is 47.2 Å². The molecule has 1 aromatic carbocycles. The quantitative estimate of drug-likeness (QED) is 0.824. The molecule has 1 unspecified atom stereocenters. The Hall–Kier alpha value is -2.14. The summed E-state index contributed by atoms with van der Waals surface area (Å²) in [6, 6.07) is 6.73. The molecule has 5 heteroatoms. The van der Waals surface area contributed by atoms with E-state index in [9.17, 15) is 0 Å². The molecule has 1 saturated heterocycles. The Labute approximate surface area is 163 Å². The van der Waals surface area contributed by atoms with E-state index >= 15 is 0 Å². The maximum Gasteiger partial charge on any atom is 0.222 e. The molecular weight excluding hydrogens is 336 g/mol. The minimum atomic E-state index is 0.623. The zero-order valence-corrected chi connectivity index (χ0v) is 17.2. The van der Waals surface area contributed by atoms with Crippen LogP contribution in [0.15, 0.2) is 24.4 Å². The average Bonchev–Trinajstić information content (AvgIpc) is 2.67. The number of anilines is 1. The summed E-state index contributed by atoms with van der Waals surface area (Å²) in [4.78, 5) is 11.8. The summed E-state index contributed by atoms with van der Waals surface area (Å²) in [6.07, 6.45) is 4.49. The van der Waals surface area contributed by atoms with Gasteiger partial charge in [0.15, 0.2) is 0 Å². The van der Waals surface area contributed by atoms with Gasteiger partial charge in [-0.2, -0.15) is 0 Å². The highest BCUT2D eigenvalue weighted by molar-refractivity contribution is 5.69. The molecule has 1 N–H and O–H groups in total. The maximum atomic E-state index is 5.30. The molecule has 1 fully saturated rings. The SMILES string of the molecule is COc1ccc(-c2cnc(NCC3CCCN(C(C)C)C3)nc2C)c(C)c1. The number of hydrogen-bond donors (Lipinski definition) is 1. The van der Waals surface area contributed by atoms with Crippen molar-refractivity contribution in [3.8, 4) is 16.9 Å². The zero-order chi connectivity index (χ0) is 19.4. The van der Waals surface area contributed by atoms with Gasteiger partial charge in [-0.25, -0.2) is 9.97 Å². The molecule has 27 heavy (non-hydrogen) atoms. The molecule has 146 valence electrons. The molecular formula is C22H32N4O. The summed E-state index contributed by atoms with van der Waals surface area (Å²) in [5.41, 5.74) is 4.38. The molecule has 0 aliphatic carbocycles. The van der Waals surface area contributed by atoms with Crippen LogP contribution in [-0.4, -0.2) is 47.7 Å². The third kappa shape index (κ3) is 4.78.